The first-order valence-corrected chi connectivity index (χ1v) is 13.4. The molecular formula is C22H29FN4OS2. The van der Waals surface area contributed by atoms with Gasteiger partial charge in [-0.3, -0.25) is 14.0 Å². The summed E-state index contributed by atoms with van der Waals surface area (Å²) in [6.07, 6.45) is 7.78. The van der Waals surface area contributed by atoms with Gasteiger partial charge in [-0.2, -0.15) is 0 Å². The molecule has 0 aliphatic carbocycles. The van der Waals surface area contributed by atoms with Crippen molar-refractivity contribution >= 4 is 30.7 Å². The number of carbonyl (C=O) groups is 1. The van der Waals surface area contributed by atoms with Crippen molar-refractivity contribution < 1.29 is 9.18 Å². The first-order chi connectivity index (χ1) is 14.3. The van der Waals surface area contributed by atoms with E-state index in [4.69, 9.17) is 0 Å². The minimum Gasteiger partial charge on any atom is -0.383 e. The maximum atomic E-state index is 13.4. The minimum absolute atomic E-state index is 0.0514. The smallest absolute Gasteiger partial charge is 0.194 e. The number of nitrogens with zero attached hydrogens (tertiary/aromatic N) is 4. The summed E-state index contributed by atoms with van der Waals surface area (Å²) in [5.74, 6) is -0.206. The van der Waals surface area contributed by atoms with Gasteiger partial charge in [-0.15, -0.1) is 9.06 Å². The van der Waals surface area contributed by atoms with Crippen LogP contribution in [0.25, 0.3) is 4.91 Å². The lowest BCUT2D eigenvalue weighted by molar-refractivity contribution is -0.110. The average Bonchev–Trinajstić information content (AvgIpc) is 3.58. The van der Waals surface area contributed by atoms with Crippen LogP contribution < -0.4 is 0 Å². The van der Waals surface area contributed by atoms with Crippen LogP contribution in [0.3, 0.4) is 0 Å². The van der Waals surface area contributed by atoms with Crippen LogP contribution in [-0.4, -0.2) is 84.9 Å². The molecule has 4 rings (SSSR count). The van der Waals surface area contributed by atoms with Gasteiger partial charge in [0.05, 0.1) is 10.6 Å². The van der Waals surface area contributed by atoms with E-state index in [1.54, 1.807) is 35.4 Å². The third kappa shape index (κ3) is 4.61. The van der Waals surface area contributed by atoms with Crippen molar-refractivity contribution in [2.45, 2.75) is 0 Å². The fourth-order valence-electron chi connectivity index (χ4n) is 3.59. The predicted octanol–water partition coefficient (Wildman–Crippen LogP) is 3.55. The van der Waals surface area contributed by atoms with Crippen molar-refractivity contribution in [3.8, 4) is 0 Å². The molecule has 0 bridgehead atoms. The van der Waals surface area contributed by atoms with Gasteiger partial charge in [-0.05, 0) is 31.0 Å². The minimum atomic E-state index is -1.43. The second kappa shape index (κ2) is 8.42. The number of benzene rings is 1. The van der Waals surface area contributed by atoms with Crippen LogP contribution in [0.4, 0.5) is 4.39 Å². The molecule has 1 aromatic carbocycles. The van der Waals surface area contributed by atoms with E-state index >= 15 is 0 Å². The summed E-state index contributed by atoms with van der Waals surface area (Å²) in [6, 6.07) is 6.51. The highest BCUT2D eigenvalue weighted by Gasteiger charge is 2.52. The van der Waals surface area contributed by atoms with Crippen LogP contribution in [0.2, 0.25) is 0 Å². The highest BCUT2D eigenvalue weighted by Crippen LogP contribution is 2.87. The number of allylic oxidation sites excluding steroid dienone is 2. The van der Waals surface area contributed by atoms with Gasteiger partial charge in [0.15, 0.2) is 5.78 Å². The molecule has 30 heavy (non-hydrogen) atoms. The van der Waals surface area contributed by atoms with Gasteiger partial charge < -0.3 is 9.80 Å². The van der Waals surface area contributed by atoms with Crippen molar-refractivity contribution in [1.29, 1.82) is 0 Å². The normalized spacial score (nSPS) is 26.6. The summed E-state index contributed by atoms with van der Waals surface area (Å²) < 4.78 is 15.7. The molecular weight excluding hydrogens is 419 g/mol. The fourth-order valence-corrected chi connectivity index (χ4v) is 9.46. The second-order valence-corrected chi connectivity index (χ2v) is 13.7. The van der Waals surface area contributed by atoms with Crippen LogP contribution in [0.5, 0.6) is 0 Å². The van der Waals surface area contributed by atoms with Crippen LogP contribution in [0, 0.1) is 5.82 Å². The Hall–Kier alpha value is -1.74. The quantitative estimate of drug-likeness (QED) is 0.343. The maximum absolute atomic E-state index is 13.4. The van der Waals surface area contributed by atoms with Crippen LogP contribution in [0.1, 0.15) is 5.56 Å². The van der Waals surface area contributed by atoms with Gasteiger partial charge in [0.1, 0.15) is 5.82 Å². The van der Waals surface area contributed by atoms with Crippen molar-refractivity contribution in [2.24, 2.45) is 0 Å². The number of hydrogen-bond acceptors (Lipinski definition) is 6. The summed E-state index contributed by atoms with van der Waals surface area (Å²) in [4.78, 5) is 21.6. The van der Waals surface area contributed by atoms with E-state index in [0.717, 1.165) is 48.1 Å². The molecule has 0 spiro atoms. The lowest BCUT2D eigenvalue weighted by atomic mass is 10.2. The fraction of sp³-hybridized carbons (Fsp3) is 0.409. The summed E-state index contributed by atoms with van der Waals surface area (Å²) in [5.41, 5.74) is 2.27. The molecule has 0 N–H and O–H groups in total. The van der Waals surface area contributed by atoms with E-state index in [0.29, 0.717) is 0 Å². The molecule has 162 valence electrons. The molecule has 3 aliphatic rings. The van der Waals surface area contributed by atoms with Crippen molar-refractivity contribution in [2.75, 3.05) is 60.1 Å². The number of likely N-dealkylation sites (N-methyl/N-ethyl adjacent to an activating group) is 1. The SMILES string of the molecule is CN(C)/C=C\C(=O)C1=C(c2ccc(F)cc2)S1(C)SN1C=C1CN1CCN(C)CC1. The summed E-state index contributed by atoms with van der Waals surface area (Å²) in [7, 11) is 6.29. The zero-order valence-corrected chi connectivity index (χ0v) is 19.6. The van der Waals surface area contributed by atoms with E-state index < -0.39 is 9.06 Å². The Morgan fingerprint density at radius 1 is 1.20 bits per heavy atom. The van der Waals surface area contributed by atoms with Crippen LogP contribution in [-0.2, 0) is 4.79 Å². The maximum Gasteiger partial charge on any atom is 0.194 e. The Bertz CT molecular complexity index is 920. The number of carbonyl (C=O) groups excluding carboxylic acids is 1. The summed E-state index contributed by atoms with van der Waals surface area (Å²) in [6.45, 7) is 5.36. The predicted molar refractivity (Wildman–Crippen MR) is 126 cm³/mol. The molecule has 5 nitrogen and oxygen atoms in total. The molecule has 8 heteroatoms. The van der Waals surface area contributed by atoms with E-state index in [2.05, 4.69) is 33.6 Å². The number of ketones is 1. The molecule has 1 aromatic rings. The Morgan fingerprint density at radius 3 is 2.50 bits per heavy atom. The first-order valence-electron chi connectivity index (χ1n) is 10.1. The number of rotatable bonds is 8. The second-order valence-electron chi connectivity index (χ2n) is 8.25. The Labute approximate surface area is 183 Å². The molecule has 0 radical (unpaired) electrons. The molecule has 0 saturated carbocycles. The van der Waals surface area contributed by atoms with E-state index in [1.807, 2.05) is 19.0 Å². The molecule has 0 amide bonds. The van der Waals surface area contributed by atoms with Crippen molar-refractivity contribution in [3.05, 3.63) is 64.7 Å². The third-order valence-electron chi connectivity index (χ3n) is 5.49. The molecule has 3 aliphatic heterocycles. The van der Waals surface area contributed by atoms with Crippen molar-refractivity contribution in [1.82, 2.24) is 19.0 Å². The average molecular weight is 449 g/mol. The standard InChI is InChI=1S/C22H29FN4OS2/c1-24(2)10-9-20(28)22-21(17-5-7-18(23)8-6-17)30(22,4)29-27-16-19(27)15-26-13-11-25(3)12-14-26/h5-10,16H,11-15H2,1-4H3/b10-9-. The Morgan fingerprint density at radius 2 is 1.87 bits per heavy atom. The van der Waals surface area contributed by atoms with Crippen molar-refractivity contribution in [3.63, 3.8) is 0 Å². The van der Waals surface area contributed by atoms with E-state index in [9.17, 15) is 9.18 Å². The largest absolute Gasteiger partial charge is 0.383 e. The number of halogens is 1. The first kappa shape index (κ1) is 21.5. The van der Waals surface area contributed by atoms with Gasteiger partial charge in [-0.25, -0.2) is 4.39 Å². The zero-order chi connectivity index (χ0) is 21.5. The Kier molecular flexibility index (Phi) is 6.03. The Balaban J connectivity index is 1.44. The summed E-state index contributed by atoms with van der Waals surface area (Å²) in [5, 5.41) is 0. The van der Waals surface area contributed by atoms with Gasteiger partial charge in [0.25, 0.3) is 0 Å². The highest BCUT2D eigenvalue weighted by molar-refractivity contribution is 9.02. The molecule has 1 saturated heterocycles. The molecule has 3 heterocycles. The molecule has 1 unspecified atom stereocenters. The topological polar surface area (TPSA) is 29.8 Å². The van der Waals surface area contributed by atoms with Gasteiger partial charge in [0.2, 0.25) is 0 Å². The van der Waals surface area contributed by atoms with Gasteiger partial charge in [-0.1, -0.05) is 12.1 Å². The monoisotopic (exact) mass is 448 g/mol. The van der Waals surface area contributed by atoms with Crippen LogP contribution >= 0.6 is 20.0 Å². The van der Waals surface area contributed by atoms with Gasteiger partial charge >= 0.3 is 0 Å². The lowest BCUT2D eigenvalue weighted by Gasteiger charge is -2.32. The molecule has 1 atom stereocenters. The number of piperazine rings is 1. The van der Waals surface area contributed by atoms with Crippen LogP contribution in [0.15, 0.2) is 53.3 Å². The van der Waals surface area contributed by atoms with E-state index in [-0.39, 0.29) is 11.6 Å². The summed E-state index contributed by atoms with van der Waals surface area (Å²) >= 11 is 0. The number of hydrogen-bond donors (Lipinski definition) is 0. The molecule has 1 fully saturated rings. The third-order valence-corrected chi connectivity index (χ3v) is 10.9. The molecule has 0 aromatic heterocycles. The lowest BCUT2D eigenvalue weighted by Crippen LogP contribution is -2.44. The van der Waals surface area contributed by atoms with E-state index in [1.165, 1.54) is 17.8 Å². The zero-order valence-electron chi connectivity index (χ0n) is 18.0. The highest BCUT2D eigenvalue weighted by atomic mass is 33.2. The van der Waals surface area contributed by atoms with Gasteiger partial charge in [0, 0.05) is 81.2 Å².